The number of nitrogens with zero attached hydrogens (tertiary/aromatic N) is 2. The summed E-state index contributed by atoms with van der Waals surface area (Å²) in [6.45, 7) is 4.27. The Morgan fingerprint density at radius 2 is 2.44 bits per heavy atom. The molecule has 0 radical (unpaired) electrons. The lowest BCUT2D eigenvalue weighted by Crippen LogP contribution is -2.10. The maximum atomic E-state index is 9.75. The summed E-state index contributed by atoms with van der Waals surface area (Å²) in [4.78, 5) is 9.75. The Kier molecular flexibility index (Phi) is 4.78. The summed E-state index contributed by atoms with van der Waals surface area (Å²) in [5, 5.41) is 4.09. The first-order valence-electron chi connectivity index (χ1n) is 2.96. The highest BCUT2D eigenvalue weighted by Crippen LogP contribution is 1.92. The lowest BCUT2D eigenvalue weighted by atomic mass is 10.3. The van der Waals surface area contributed by atoms with E-state index in [9.17, 15) is 4.91 Å². The Morgan fingerprint density at radius 3 is 2.89 bits per heavy atom. The summed E-state index contributed by atoms with van der Waals surface area (Å²) in [5.74, 6) is 0. The molecule has 0 aliphatic heterocycles. The van der Waals surface area contributed by atoms with Gasteiger partial charge in [-0.05, 0) is 12.8 Å². The summed E-state index contributed by atoms with van der Waals surface area (Å²) in [6, 6.07) is 0. The van der Waals surface area contributed by atoms with Crippen molar-refractivity contribution in [2.75, 3.05) is 13.6 Å². The van der Waals surface area contributed by atoms with Crippen LogP contribution >= 0.6 is 0 Å². The molecule has 0 heterocycles. The minimum atomic E-state index is 0.718. The van der Waals surface area contributed by atoms with E-state index < -0.39 is 0 Å². The topological polar surface area (TPSA) is 32.7 Å². The lowest BCUT2D eigenvalue weighted by Gasteiger charge is -2.04. The molecular formula is C6H12N2O. The fourth-order valence-electron chi connectivity index (χ4n) is 0.505. The molecule has 0 aliphatic carbocycles. The second-order valence-corrected chi connectivity index (χ2v) is 1.89. The number of unbranched alkanes of at least 4 members (excludes halogenated alkanes) is 1. The van der Waals surface area contributed by atoms with Crippen LogP contribution in [0.25, 0.3) is 0 Å². The van der Waals surface area contributed by atoms with Crippen molar-refractivity contribution in [1.29, 1.82) is 0 Å². The van der Waals surface area contributed by atoms with Gasteiger partial charge in [0, 0.05) is 13.6 Å². The van der Waals surface area contributed by atoms with Crippen molar-refractivity contribution in [1.82, 2.24) is 5.01 Å². The van der Waals surface area contributed by atoms with Crippen LogP contribution in [0.5, 0.6) is 0 Å². The molecule has 3 nitrogen and oxygen atoms in total. The summed E-state index contributed by atoms with van der Waals surface area (Å²) in [5.41, 5.74) is 0. The van der Waals surface area contributed by atoms with Crippen LogP contribution in [0, 0.1) is 4.91 Å². The molecule has 0 fully saturated rings. The normalized spacial score (nSPS) is 8.56. The SMILES string of the molecule is C=CCCCN(C)N=O. The largest absolute Gasteiger partial charge is 0.264 e. The van der Waals surface area contributed by atoms with E-state index in [0.29, 0.717) is 0 Å². The zero-order valence-corrected chi connectivity index (χ0v) is 5.71. The third-order valence-corrected chi connectivity index (χ3v) is 1.03. The van der Waals surface area contributed by atoms with Gasteiger partial charge in [-0.15, -0.1) is 11.5 Å². The molecule has 0 saturated heterocycles. The molecule has 52 valence electrons. The van der Waals surface area contributed by atoms with Crippen LogP contribution in [0.4, 0.5) is 0 Å². The second kappa shape index (κ2) is 5.28. The monoisotopic (exact) mass is 128 g/mol. The van der Waals surface area contributed by atoms with Crippen LogP contribution in [-0.2, 0) is 0 Å². The van der Waals surface area contributed by atoms with Gasteiger partial charge in [0.2, 0.25) is 0 Å². The smallest absolute Gasteiger partial charge is 0.0521 e. The third kappa shape index (κ3) is 5.00. The molecule has 0 unspecified atom stereocenters. The molecule has 0 spiro atoms. The Hall–Kier alpha value is -0.860. The van der Waals surface area contributed by atoms with E-state index >= 15 is 0 Å². The molecule has 0 atom stereocenters. The highest BCUT2D eigenvalue weighted by atomic mass is 16.3. The molecule has 3 heteroatoms. The predicted octanol–water partition coefficient (Wildman–Crippen LogP) is 1.57. The van der Waals surface area contributed by atoms with Gasteiger partial charge >= 0.3 is 0 Å². The molecule has 0 bridgehead atoms. The number of rotatable bonds is 5. The van der Waals surface area contributed by atoms with Gasteiger partial charge in [-0.2, -0.15) is 0 Å². The van der Waals surface area contributed by atoms with Gasteiger partial charge < -0.3 is 0 Å². The molecule has 0 amide bonds. The average molecular weight is 128 g/mol. The first-order chi connectivity index (χ1) is 4.31. The minimum Gasteiger partial charge on any atom is -0.264 e. The Labute approximate surface area is 55.3 Å². The van der Waals surface area contributed by atoms with E-state index in [2.05, 4.69) is 11.9 Å². The third-order valence-electron chi connectivity index (χ3n) is 1.03. The maximum absolute atomic E-state index is 9.75. The average Bonchev–Trinajstić information content (AvgIpc) is 1.89. The summed E-state index contributed by atoms with van der Waals surface area (Å²) in [6.07, 6.45) is 3.73. The molecule has 0 rings (SSSR count). The second-order valence-electron chi connectivity index (χ2n) is 1.89. The Bertz CT molecular complexity index is 93.1. The first-order valence-corrected chi connectivity index (χ1v) is 2.96. The van der Waals surface area contributed by atoms with Crippen molar-refractivity contribution < 1.29 is 0 Å². The minimum absolute atomic E-state index is 0.718. The van der Waals surface area contributed by atoms with Gasteiger partial charge in [0.05, 0.1) is 5.29 Å². The highest BCUT2D eigenvalue weighted by molar-refractivity contribution is 4.65. The molecule has 0 aromatic heterocycles. The van der Waals surface area contributed by atoms with E-state index in [4.69, 9.17) is 0 Å². The standard InChI is InChI=1S/C6H12N2O/c1-3-4-5-6-8(2)7-9/h3H,1,4-6H2,2H3. The van der Waals surface area contributed by atoms with Crippen molar-refractivity contribution in [3.63, 3.8) is 0 Å². The fraction of sp³-hybridized carbons (Fsp3) is 0.667. The van der Waals surface area contributed by atoms with E-state index in [1.807, 2.05) is 6.08 Å². The van der Waals surface area contributed by atoms with Crippen molar-refractivity contribution in [2.45, 2.75) is 12.8 Å². The maximum Gasteiger partial charge on any atom is 0.0521 e. The van der Waals surface area contributed by atoms with Crippen molar-refractivity contribution >= 4 is 0 Å². The van der Waals surface area contributed by atoms with E-state index in [0.717, 1.165) is 19.4 Å². The number of nitroso groups, excluding NO2 is 1. The predicted molar refractivity (Wildman–Crippen MR) is 37.9 cm³/mol. The van der Waals surface area contributed by atoms with Gasteiger partial charge in [-0.1, -0.05) is 6.08 Å². The van der Waals surface area contributed by atoms with Gasteiger partial charge in [0.1, 0.15) is 0 Å². The quantitative estimate of drug-likeness (QED) is 0.243. The number of allylic oxidation sites excluding steroid dienone is 1. The van der Waals surface area contributed by atoms with E-state index in [1.165, 1.54) is 5.01 Å². The molecule has 9 heavy (non-hydrogen) atoms. The van der Waals surface area contributed by atoms with Gasteiger partial charge in [0.25, 0.3) is 0 Å². The van der Waals surface area contributed by atoms with Gasteiger partial charge in [-0.3, -0.25) is 5.01 Å². The number of hydrogen-bond acceptors (Lipinski definition) is 2. The van der Waals surface area contributed by atoms with Crippen LogP contribution in [-0.4, -0.2) is 18.6 Å². The van der Waals surface area contributed by atoms with Gasteiger partial charge in [-0.25, -0.2) is 0 Å². The zero-order valence-electron chi connectivity index (χ0n) is 5.71. The zero-order chi connectivity index (χ0) is 7.11. The van der Waals surface area contributed by atoms with Crippen LogP contribution in [0.2, 0.25) is 0 Å². The van der Waals surface area contributed by atoms with Crippen LogP contribution in [0.15, 0.2) is 17.9 Å². The Balaban J connectivity index is 3.05. The molecule has 0 saturated carbocycles. The molecule has 0 aromatic carbocycles. The van der Waals surface area contributed by atoms with E-state index in [-0.39, 0.29) is 0 Å². The van der Waals surface area contributed by atoms with Crippen molar-refractivity contribution in [3.8, 4) is 0 Å². The fourth-order valence-corrected chi connectivity index (χ4v) is 0.505. The summed E-state index contributed by atoms with van der Waals surface area (Å²) < 4.78 is 0. The molecule has 0 aliphatic rings. The highest BCUT2D eigenvalue weighted by Gasteiger charge is 1.90. The first kappa shape index (κ1) is 8.14. The van der Waals surface area contributed by atoms with Crippen LogP contribution < -0.4 is 0 Å². The van der Waals surface area contributed by atoms with Crippen LogP contribution in [0.3, 0.4) is 0 Å². The molecular weight excluding hydrogens is 116 g/mol. The van der Waals surface area contributed by atoms with Gasteiger partial charge in [0.15, 0.2) is 0 Å². The molecule has 0 N–H and O–H groups in total. The Morgan fingerprint density at radius 1 is 1.78 bits per heavy atom. The lowest BCUT2D eigenvalue weighted by molar-refractivity contribution is 0.345. The van der Waals surface area contributed by atoms with Crippen molar-refractivity contribution in [3.05, 3.63) is 17.6 Å². The summed E-state index contributed by atoms with van der Waals surface area (Å²) in [7, 11) is 1.66. The summed E-state index contributed by atoms with van der Waals surface area (Å²) >= 11 is 0. The molecule has 0 aromatic rings. The van der Waals surface area contributed by atoms with E-state index in [1.54, 1.807) is 7.05 Å². The van der Waals surface area contributed by atoms with Crippen LogP contribution in [0.1, 0.15) is 12.8 Å². The van der Waals surface area contributed by atoms with Crippen molar-refractivity contribution in [2.24, 2.45) is 5.29 Å². The number of hydrogen-bond donors (Lipinski definition) is 0.